The summed E-state index contributed by atoms with van der Waals surface area (Å²) in [5, 5.41) is 7.07. The third-order valence-corrected chi connectivity index (χ3v) is 4.70. The molecular formula is C17H21N5OS. The molecule has 0 unspecified atom stereocenters. The minimum absolute atomic E-state index is 0.174. The summed E-state index contributed by atoms with van der Waals surface area (Å²) >= 11 is 1.44. The van der Waals surface area contributed by atoms with Crippen molar-refractivity contribution in [1.29, 1.82) is 0 Å². The van der Waals surface area contributed by atoms with Crippen LogP contribution in [0.1, 0.15) is 55.7 Å². The molecule has 0 aromatic carbocycles. The second-order valence-corrected chi connectivity index (χ2v) is 7.26. The van der Waals surface area contributed by atoms with Crippen LogP contribution in [0.5, 0.6) is 0 Å². The largest absolute Gasteiger partial charge is 0.327 e. The summed E-state index contributed by atoms with van der Waals surface area (Å²) in [5.41, 5.74) is 2.17. The topological polar surface area (TPSA) is 65.1 Å². The second kappa shape index (κ2) is 6.32. The van der Waals surface area contributed by atoms with E-state index in [-0.39, 0.29) is 17.9 Å². The second-order valence-electron chi connectivity index (χ2n) is 6.38. The molecular weight excluding hydrogens is 322 g/mol. The van der Waals surface area contributed by atoms with Gasteiger partial charge in [-0.1, -0.05) is 13.8 Å². The van der Waals surface area contributed by atoms with E-state index in [2.05, 4.69) is 23.9 Å². The van der Waals surface area contributed by atoms with E-state index in [0.717, 1.165) is 16.7 Å². The first kappa shape index (κ1) is 16.6. The molecule has 0 saturated carbocycles. The fourth-order valence-corrected chi connectivity index (χ4v) is 3.20. The number of hydrogen-bond acceptors (Lipinski definition) is 4. The Bertz CT molecular complexity index is 961. The quantitative estimate of drug-likeness (QED) is 0.733. The van der Waals surface area contributed by atoms with Gasteiger partial charge in [-0.15, -0.1) is 11.3 Å². The first-order valence-electron chi connectivity index (χ1n) is 7.95. The van der Waals surface area contributed by atoms with E-state index < -0.39 is 0 Å². The first-order valence-corrected chi connectivity index (χ1v) is 8.83. The lowest BCUT2D eigenvalue weighted by Gasteiger charge is -2.10. The van der Waals surface area contributed by atoms with E-state index in [1.54, 1.807) is 6.20 Å². The number of aryl methyl sites for hydroxylation is 1. The molecule has 3 rings (SSSR count). The predicted octanol–water partition coefficient (Wildman–Crippen LogP) is 3.28. The Hall–Kier alpha value is -2.28. The van der Waals surface area contributed by atoms with Gasteiger partial charge in [0.25, 0.3) is 5.91 Å². The number of pyridine rings is 1. The van der Waals surface area contributed by atoms with Gasteiger partial charge in [-0.05, 0) is 25.8 Å². The predicted molar refractivity (Wildman–Crippen MR) is 95.2 cm³/mol. The molecule has 6 nitrogen and oxygen atoms in total. The average Bonchev–Trinajstić information content (AvgIpc) is 3.12. The van der Waals surface area contributed by atoms with Gasteiger partial charge in [0.15, 0.2) is 10.4 Å². The molecule has 24 heavy (non-hydrogen) atoms. The van der Waals surface area contributed by atoms with Crippen molar-refractivity contribution in [2.75, 3.05) is 0 Å². The Labute approximate surface area is 144 Å². The summed E-state index contributed by atoms with van der Waals surface area (Å²) in [4.78, 5) is 22.5. The molecule has 0 fully saturated rings. The van der Waals surface area contributed by atoms with Crippen LogP contribution in [-0.2, 0) is 7.05 Å². The Morgan fingerprint density at radius 1 is 1.29 bits per heavy atom. The third-order valence-electron chi connectivity index (χ3n) is 3.85. The molecule has 3 heterocycles. The number of thiazole rings is 1. The normalized spacial score (nSPS) is 12.7. The summed E-state index contributed by atoms with van der Waals surface area (Å²) in [6, 6.07) is 2.02. The van der Waals surface area contributed by atoms with E-state index >= 15 is 0 Å². The van der Waals surface area contributed by atoms with E-state index in [1.807, 2.05) is 47.8 Å². The molecule has 0 radical (unpaired) electrons. The van der Waals surface area contributed by atoms with Gasteiger partial charge in [0, 0.05) is 30.4 Å². The van der Waals surface area contributed by atoms with Crippen molar-refractivity contribution in [3.05, 3.63) is 39.9 Å². The summed E-state index contributed by atoms with van der Waals surface area (Å²) in [6.45, 7) is 8.23. The molecule has 126 valence electrons. The van der Waals surface area contributed by atoms with Gasteiger partial charge in [0.1, 0.15) is 0 Å². The monoisotopic (exact) mass is 343 g/mol. The highest BCUT2D eigenvalue weighted by Crippen LogP contribution is 2.24. The number of fused-ring (bicyclic) bond motifs is 1. The highest BCUT2D eigenvalue weighted by Gasteiger charge is 2.18. The Morgan fingerprint density at radius 3 is 2.62 bits per heavy atom. The minimum atomic E-state index is -0.259. The SMILES string of the molecule is CC(C)c1cc(C(=O)N=c2sccn2C)c2cnn(C(C)C)c2n1. The van der Waals surface area contributed by atoms with Crippen molar-refractivity contribution >= 4 is 28.3 Å². The van der Waals surface area contributed by atoms with Crippen molar-refractivity contribution < 1.29 is 4.79 Å². The lowest BCUT2D eigenvalue weighted by Crippen LogP contribution is -2.13. The van der Waals surface area contributed by atoms with Crippen molar-refractivity contribution in [1.82, 2.24) is 19.3 Å². The van der Waals surface area contributed by atoms with Gasteiger partial charge in [-0.25, -0.2) is 9.67 Å². The molecule has 0 saturated heterocycles. The average molecular weight is 343 g/mol. The summed E-state index contributed by atoms with van der Waals surface area (Å²) in [6.07, 6.45) is 3.60. The zero-order valence-electron chi connectivity index (χ0n) is 14.5. The number of rotatable bonds is 3. The van der Waals surface area contributed by atoms with Gasteiger partial charge in [-0.2, -0.15) is 10.1 Å². The summed E-state index contributed by atoms with van der Waals surface area (Å²) < 4.78 is 3.69. The Kier molecular flexibility index (Phi) is 4.36. The van der Waals surface area contributed by atoms with Crippen LogP contribution >= 0.6 is 11.3 Å². The lowest BCUT2D eigenvalue weighted by molar-refractivity contribution is 0.0999. The van der Waals surface area contributed by atoms with E-state index in [0.29, 0.717) is 10.4 Å². The van der Waals surface area contributed by atoms with Crippen LogP contribution in [0.2, 0.25) is 0 Å². The molecule has 7 heteroatoms. The van der Waals surface area contributed by atoms with Crippen LogP contribution in [0.4, 0.5) is 0 Å². The van der Waals surface area contributed by atoms with Crippen molar-refractivity contribution in [2.24, 2.45) is 12.0 Å². The smallest absolute Gasteiger partial charge is 0.280 e. The zero-order chi connectivity index (χ0) is 17.4. The summed E-state index contributed by atoms with van der Waals surface area (Å²) in [5.74, 6) is -0.0417. The van der Waals surface area contributed by atoms with Gasteiger partial charge in [0.05, 0.1) is 17.1 Å². The fraction of sp³-hybridized carbons (Fsp3) is 0.412. The zero-order valence-corrected chi connectivity index (χ0v) is 15.3. The van der Waals surface area contributed by atoms with Gasteiger partial charge < -0.3 is 4.57 Å². The molecule has 0 aliphatic carbocycles. The van der Waals surface area contributed by atoms with Crippen LogP contribution in [0.3, 0.4) is 0 Å². The molecule has 0 atom stereocenters. The number of hydrogen-bond donors (Lipinski definition) is 0. The maximum Gasteiger partial charge on any atom is 0.280 e. The van der Waals surface area contributed by atoms with Crippen LogP contribution in [0.15, 0.2) is 28.8 Å². The molecule has 0 aliphatic rings. The highest BCUT2D eigenvalue weighted by molar-refractivity contribution is 7.07. The number of carbonyl (C=O) groups is 1. The number of carbonyl (C=O) groups excluding carboxylic acids is 1. The molecule has 3 aromatic rings. The molecule has 0 spiro atoms. The van der Waals surface area contributed by atoms with E-state index in [4.69, 9.17) is 4.98 Å². The molecule has 0 bridgehead atoms. The fourth-order valence-electron chi connectivity index (χ4n) is 2.47. The number of nitrogens with zero attached hydrogens (tertiary/aromatic N) is 5. The molecule has 1 amide bonds. The lowest BCUT2D eigenvalue weighted by atomic mass is 10.1. The summed E-state index contributed by atoms with van der Waals surface area (Å²) in [7, 11) is 1.88. The standard InChI is InChI=1S/C17H21N5OS/c1-10(2)14-8-12(16(23)20-17-21(5)6-7-24-17)13-9-18-22(11(3)4)15(13)19-14/h6-11H,1-5H3. The molecule has 0 N–H and O–H groups in total. The Balaban J connectivity index is 2.23. The van der Waals surface area contributed by atoms with Gasteiger partial charge in [-0.3, -0.25) is 4.79 Å². The third kappa shape index (κ3) is 2.91. The van der Waals surface area contributed by atoms with Crippen LogP contribution in [0.25, 0.3) is 11.0 Å². The van der Waals surface area contributed by atoms with Crippen LogP contribution in [0, 0.1) is 0 Å². The van der Waals surface area contributed by atoms with E-state index in [1.165, 1.54) is 11.3 Å². The van der Waals surface area contributed by atoms with E-state index in [9.17, 15) is 4.79 Å². The van der Waals surface area contributed by atoms with Crippen LogP contribution < -0.4 is 4.80 Å². The molecule has 0 aliphatic heterocycles. The highest BCUT2D eigenvalue weighted by atomic mass is 32.1. The van der Waals surface area contributed by atoms with Crippen LogP contribution in [-0.4, -0.2) is 25.2 Å². The van der Waals surface area contributed by atoms with Gasteiger partial charge in [0.2, 0.25) is 0 Å². The number of aromatic nitrogens is 4. The first-order chi connectivity index (χ1) is 11.4. The Morgan fingerprint density at radius 2 is 2.04 bits per heavy atom. The number of amides is 1. The maximum absolute atomic E-state index is 12.8. The maximum atomic E-state index is 12.8. The van der Waals surface area contributed by atoms with Crippen molar-refractivity contribution in [3.8, 4) is 0 Å². The minimum Gasteiger partial charge on any atom is -0.327 e. The molecule has 3 aromatic heterocycles. The van der Waals surface area contributed by atoms with Gasteiger partial charge >= 0.3 is 0 Å². The van der Waals surface area contributed by atoms with Crippen molar-refractivity contribution in [3.63, 3.8) is 0 Å². The van der Waals surface area contributed by atoms with Crippen molar-refractivity contribution in [2.45, 2.75) is 39.7 Å².